The molecular weight excluding hydrogens is 242 g/mol. The second kappa shape index (κ2) is 6.68. The van der Waals surface area contributed by atoms with E-state index < -0.39 is 6.29 Å². The summed E-state index contributed by atoms with van der Waals surface area (Å²) in [5, 5.41) is 9.39. The minimum Gasteiger partial charge on any atom is -0.465 e. The Morgan fingerprint density at radius 3 is 2.94 bits per heavy atom. The van der Waals surface area contributed by atoms with Crippen molar-refractivity contribution in [1.82, 2.24) is 0 Å². The van der Waals surface area contributed by atoms with Crippen LogP contribution in [-0.2, 0) is 27.2 Å². The van der Waals surface area contributed by atoms with Crippen LogP contribution in [0.1, 0.15) is 17.5 Å². The van der Waals surface area contributed by atoms with Crippen molar-refractivity contribution in [2.45, 2.75) is 33.1 Å². The third kappa shape index (κ3) is 4.41. The monoisotopic (exact) mass is 260 g/mol. The van der Waals surface area contributed by atoms with E-state index in [1.807, 2.05) is 17.0 Å². The largest absolute Gasteiger partial charge is 0.465 e. The normalized spacial score (nSPS) is 12.5. The van der Waals surface area contributed by atoms with Gasteiger partial charge in [0.05, 0.1) is 11.5 Å². The number of carbonyl (C=O) groups is 1. The van der Waals surface area contributed by atoms with Crippen LogP contribution >= 0.6 is 11.3 Å². The molecule has 1 rings (SSSR count). The number of nitrogens with zero attached hydrogens (tertiary/aromatic N) is 1. The lowest BCUT2D eigenvalue weighted by atomic mass is 10.3. The van der Waals surface area contributed by atoms with Crippen LogP contribution in [0, 0.1) is 6.92 Å². The first-order valence-corrected chi connectivity index (χ1v) is 6.23. The summed E-state index contributed by atoms with van der Waals surface area (Å²) in [7, 11) is 1.47. The molecule has 0 amide bonds. The molecule has 0 fully saturated rings. The first-order valence-electron chi connectivity index (χ1n) is 5.35. The molecule has 5 nitrogen and oxygen atoms in total. The van der Waals surface area contributed by atoms with Crippen LogP contribution in [-0.4, -0.2) is 31.1 Å². The highest BCUT2D eigenvalue weighted by Gasteiger charge is 2.18. The summed E-state index contributed by atoms with van der Waals surface area (Å²) in [4.78, 5) is 11.8. The van der Waals surface area contributed by atoms with Crippen LogP contribution in [0.15, 0.2) is 5.51 Å². The van der Waals surface area contributed by atoms with Crippen LogP contribution in [0.2, 0.25) is 0 Å². The molecule has 1 atom stereocenters. The zero-order valence-corrected chi connectivity index (χ0v) is 11.1. The Kier molecular flexibility index (Phi) is 5.54. The fourth-order valence-corrected chi connectivity index (χ4v) is 2.39. The highest BCUT2D eigenvalue weighted by atomic mass is 32.1. The zero-order valence-electron chi connectivity index (χ0n) is 10.3. The number of rotatable bonds is 6. The van der Waals surface area contributed by atoms with Crippen molar-refractivity contribution in [2.75, 3.05) is 13.7 Å². The van der Waals surface area contributed by atoms with Crippen LogP contribution < -0.4 is 4.57 Å². The summed E-state index contributed by atoms with van der Waals surface area (Å²) in [5.74, 6) is -0.262. The van der Waals surface area contributed by atoms with Gasteiger partial charge < -0.3 is 14.6 Å². The van der Waals surface area contributed by atoms with E-state index in [2.05, 4.69) is 0 Å². The van der Waals surface area contributed by atoms with E-state index in [0.717, 1.165) is 10.6 Å². The number of methoxy groups -OCH3 is 1. The third-order valence-corrected chi connectivity index (χ3v) is 3.56. The predicted molar refractivity (Wildman–Crippen MR) is 62.6 cm³/mol. The Morgan fingerprint density at radius 1 is 1.65 bits per heavy atom. The zero-order chi connectivity index (χ0) is 12.8. The molecule has 0 spiro atoms. The van der Waals surface area contributed by atoms with E-state index in [1.165, 1.54) is 14.0 Å². The number of ether oxygens (including phenoxy) is 2. The molecule has 1 N–H and O–H groups in total. The quantitative estimate of drug-likeness (QED) is 0.457. The summed E-state index contributed by atoms with van der Waals surface area (Å²) < 4.78 is 11.6. The standard InChI is InChI=1S/C11H18NO4S/c1-8-10(4-5-16-9(2)13)17-7-12(8)6-11(14)15-3/h7,11,14H,4-6H2,1-3H3/q+1. The summed E-state index contributed by atoms with van der Waals surface area (Å²) in [6, 6.07) is 0. The van der Waals surface area contributed by atoms with Gasteiger partial charge in [0.25, 0.3) is 0 Å². The third-order valence-electron chi connectivity index (χ3n) is 2.42. The van der Waals surface area contributed by atoms with E-state index >= 15 is 0 Å². The highest BCUT2D eigenvalue weighted by molar-refractivity contribution is 7.09. The smallest absolute Gasteiger partial charge is 0.302 e. The summed E-state index contributed by atoms with van der Waals surface area (Å²) in [6.07, 6.45) is -0.0961. The maximum absolute atomic E-state index is 10.6. The average molecular weight is 260 g/mol. The van der Waals surface area contributed by atoms with Gasteiger partial charge in [-0.25, -0.2) is 0 Å². The lowest BCUT2D eigenvalue weighted by Gasteiger charge is -2.03. The topological polar surface area (TPSA) is 59.6 Å². The Balaban J connectivity index is 2.54. The van der Waals surface area contributed by atoms with Crippen LogP contribution in [0.25, 0.3) is 0 Å². The van der Waals surface area contributed by atoms with Crippen molar-refractivity contribution in [3.8, 4) is 0 Å². The molecule has 0 saturated heterocycles. The van der Waals surface area contributed by atoms with Crippen molar-refractivity contribution < 1.29 is 23.9 Å². The van der Waals surface area contributed by atoms with Gasteiger partial charge in [0, 0.05) is 27.4 Å². The minimum atomic E-state index is -0.797. The van der Waals surface area contributed by atoms with E-state index in [0.29, 0.717) is 19.6 Å². The number of carbonyl (C=O) groups excluding carboxylic acids is 1. The second-order valence-electron chi connectivity index (χ2n) is 3.66. The summed E-state index contributed by atoms with van der Waals surface area (Å²) >= 11 is 1.59. The predicted octanol–water partition coefficient (Wildman–Crippen LogP) is 0.414. The van der Waals surface area contributed by atoms with E-state index in [9.17, 15) is 9.90 Å². The summed E-state index contributed by atoms with van der Waals surface area (Å²) in [6.45, 7) is 4.17. The minimum absolute atomic E-state index is 0.262. The number of aliphatic hydroxyl groups excluding tert-OH is 1. The molecular formula is C11H18NO4S+. The summed E-state index contributed by atoms with van der Waals surface area (Å²) in [5.41, 5.74) is 3.00. The fourth-order valence-electron chi connectivity index (χ4n) is 1.40. The first-order chi connectivity index (χ1) is 8.04. The maximum Gasteiger partial charge on any atom is 0.302 e. The van der Waals surface area contributed by atoms with Crippen molar-refractivity contribution in [3.05, 3.63) is 16.1 Å². The van der Waals surface area contributed by atoms with E-state index in [-0.39, 0.29) is 5.97 Å². The van der Waals surface area contributed by atoms with Crippen molar-refractivity contribution in [1.29, 1.82) is 0 Å². The lowest BCUT2D eigenvalue weighted by molar-refractivity contribution is -0.711. The number of hydrogen-bond acceptors (Lipinski definition) is 5. The van der Waals surface area contributed by atoms with Gasteiger partial charge in [-0.3, -0.25) is 4.79 Å². The van der Waals surface area contributed by atoms with Gasteiger partial charge in [0.15, 0.2) is 12.2 Å². The van der Waals surface area contributed by atoms with Gasteiger partial charge in [-0.15, -0.1) is 0 Å². The molecule has 0 aromatic carbocycles. The molecule has 1 heterocycles. The van der Waals surface area contributed by atoms with Crippen molar-refractivity contribution in [3.63, 3.8) is 0 Å². The van der Waals surface area contributed by atoms with Crippen LogP contribution in [0.3, 0.4) is 0 Å². The van der Waals surface area contributed by atoms with Gasteiger partial charge >= 0.3 is 5.97 Å². The van der Waals surface area contributed by atoms with Gasteiger partial charge in [0.2, 0.25) is 11.8 Å². The molecule has 0 radical (unpaired) electrons. The van der Waals surface area contributed by atoms with Gasteiger partial charge in [-0.2, -0.15) is 4.57 Å². The molecule has 0 aliphatic heterocycles. The van der Waals surface area contributed by atoms with Gasteiger partial charge in [-0.1, -0.05) is 11.3 Å². The Labute approximate surface area is 105 Å². The Morgan fingerprint density at radius 2 is 2.35 bits per heavy atom. The highest BCUT2D eigenvalue weighted by Crippen LogP contribution is 2.12. The molecule has 0 aliphatic carbocycles. The van der Waals surface area contributed by atoms with Gasteiger partial charge in [-0.05, 0) is 0 Å². The molecule has 0 bridgehead atoms. The van der Waals surface area contributed by atoms with Crippen LogP contribution in [0.4, 0.5) is 0 Å². The Hall–Kier alpha value is -0.980. The second-order valence-corrected chi connectivity index (χ2v) is 4.60. The van der Waals surface area contributed by atoms with Gasteiger partial charge in [0.1, 0.15) is 0 Å². The van der Waals surface area contributed by atoms with Crippen molar-refractivity contribution >= 4 is 17.3 Å². The van der Waals surface area contributed by atoms with E-state index in [1.54, 1.807) is 11.3 Å². The number of esters is 1. The van der Waals surface area contributed by atoms with E-state index in [4.69, 9.17) is 9.47 Å². The average Bonchev–Trinajstić information content (AvgIpc) is 2.61. The number of thiazole rings is 1. The maximum atomic E-state index is 10.6. The lowest BCUT2D eigenvalue weighted by Crippen LogP contribution is -2.41. The van der Waals surface area contributed by atoms with Crippen molar-refractivity contribution in [2.24, 2.45) is 0 Å². The number of aliphatic hydroxyl groups is 1. The molecule has 1 unspecified atom stereocenters. The molecule has 6 heteroatoms. The first kappa shape index (κ1) is 14.1. The molecule has 96 valence electrons. The molecule has 0 aliphatic rings. The number of hydrogen-bond donors (Lipinski definition) is 1. The Bertz CT molecular complexity index is 378. The SMILES string of the molecule is COC(O)C[n+]1csc(CCOC(C)=O)c1C. The molecule has 0 saturated carbocycles. The molecule has 1 aromatic heterocycles. The molecule has 1 aromatic rings. The number of aromatic nitrogens is 1. The fraction of sp³-hybridized carbons (Fsp3) is 0.636. The molecule has 17 heavy (non-hydrogen) atoms. The van der Waals surface area contributed by atoms with Crippen LogP contribution in [0.5, 0.6) is 0 Å².